The summed E-state index contributed by atoms with van der Waals surface area (Å²) in [6, 6.07) is 10.7. The lowest BCUT2D eigenvalue weighted by atomic mass is 9.69. The molecule has 2 aliphatic rings. The standard InChI is InChI=1S/C16H18O/c1-4-16(13-8-6-5-7-9-13)10-14-11(2)12(3)15(16)17-14/h5-10,15H,4H2,1-3H3. The van der Waals surface area contributed by atoms with Gasteiger partial charge in [-0.15, -0.1) is 0 Å². The van der Waals surface area contributed by atoms with Crippen LogP contribution in [0.1, 0.15) is 32.8 Å². The number of hydrogen-bond acceptors (Lipinski definition) is 1. The molecule has 1 aromatic rings. The van der Waals surface area contributed by atoms with Crippen LogP contribution in [0.4, 0.5) is 0 Å². The second kappa shape index (κ2) is 3.49. The van der Waals surface area contributed by atoms with Crippen LogP contribution in [0, 0.1) is 0 Å². The van der Waals surface area contributed by atoms with E-state index >= 15 is 0 Å². The van der Waals surface area contributed by atoms with Gasteiger partial charge in [0, 0.05) is 0 Å². The van der Waals surface area contributed by atoms with Gasteiger partial charge in [-0.05, 0) is 43.1 Å². The molecule has 2 bridgehead atoms. The molecule has 0 saturated heterocycles. The van der Waals surface area contributed by atoms with E-state index in [0.717, 1.165) is 12.2 Å². The molecular weight excluding hydrogens is 208 g/mol. The zero-order chi connectivity index (χ0) is 12.0. The van der Waals surface area contributed by atoms with Gasteiger partial charge in [0.1, 0.15) is 11.9 Å². The predicted molar refractivity (Wildman–Crippen MR) is 69.7 cm³/mol. The highest BCUT2D eigenvalue weighted by Gasteiger charge is 2.49. The lowest BCUT2D eigenvalue weighted by Crippen LogP contribution is -2.35. The normalized spacial score (nSPS) is 30.5. The van der Waals surface area contributed by atoms with E-state index in [2.05, 4.69) is 57.2 Å². The molecule has 2 unspecified atom stereocenters. The van der Waals surface area contributed by atoms with Crippen molar-refractivity contribution >= 4 is 0 Å². The molecule has 88 valence electrons. The van der Waals surface area contributed by atoms with Crippen molar-refractivity contribution in [2.45, 2.75) is 38.7 Å². The number of allylic oxidation sites excluding steroid dienone is 1. The second-order valence-electron chi connectivity index (χ2n) is 5.07. The van der Waals surface area contributed by atoms with Crippen molar-refractivity contribution in [1.29, 1.82) is 0 Å². The van der Waals surface area contributed by atoms with E-state index < -0.39 is 0 Å². The molecule has 1 aromatic carbocycles. The Labute approximate surface area is 103 Å². The smallest absolute Gasteiger partial charge is 0.133 e. The minimum Gasteiger partial charge on any atom is -0.485 e. The van der Waals surface area contributed by atoms with Gasteiger partial charge in [-0.3, -0.25) is 0 Å². The molecule has 2 heterocycles. The van der Waals surface area contributed by atoms with Gasteiger partial charge >= 0.3 is 0 Å². The first kappa shape index (κ1) is 10.6. The molecule has 0 aromatic heterocycles. The van der Waals surface area contributed by atoms with Crippen LogP contribution in [-0.2, 0) is 10.2 Å². The number of benzene rings is 1. The summed E-state index contributed by atoms with van der Waals surface area (Å²) in [5.41, 5.74) is 4.15. The Balaban J connectivity index is 2.13. The average molecular weight is 226 g/mol. The first-order valence-corrected chi connectivity index (χ1v) is 6.32. The third-order valence-electron chi connectivity index (χ3n) is 4.35. The van der Waals surface area contributed by atoms with Crippen LogP contribution in [0.25, 0.3) is 0 Å². The van der Waals surface area contributed by atoms with Gasteiger partial charge in [-0.2, -0.15) is 0 Å². The predicted octanol–water partition coefficient (Wildman–Crippen LogP) is 3.97. The molecule has 0 saturated carbocycles. The third kappa shape index (κ3) is 1.25. The van der Waals surface area contributed by atoms with Crippen LogP contribution in [0.2, 0.25) is 0 Å². The maximum atomic E-state index is 6.05. The van der Waals surface area contributed by atoms with Gasteiger partial charge in [0.25, 0.3) is 0 Å². The van der Waals surface area contributed by atoms with Crippen molar-refractivity contribution in [3.05, 3.63) is 58.9 Å². The van der Waals surface area contributed by atoms with Crippen molar-refractivity contribution < 1.29 is 4.74 Å². The fourth-order valence-electron chi connectivity index (χ4n) is 3.11. The van der Waals surface area contributed by atoms with Crippen molar-refractivity contribution in [3.8, 4) is 0 Å². The van der Waals surface area contributed by atoms with Gasteiger partial charge in [-0.25, -0.2) is 0 Å². The first-order chi connectivity index (χ1) is 8.19. The van der Waals surface area contributed by atoms with E-state index in [0.29, 0.717) is 0 Å². The topological polar surface area (TPSA) is 9.23 Å². The lowest BCUT2D eigenvalue weighted by Gasteiger charge is -2.33. The van der Waals surface area contributed by atoms with Crippen LogP contribution in [-0.4, -0.2) is 6.10 Å². The highest BCUT2D eigenvalue weighted by molar-refractivity contribution is 5.52. The summed E-state index contributed by atoms with van der Waals surface area (Å²) in [7, 11) is 0. The highest BCUT2D eigenvalue weighted by Crippen LogP contribution is 2.51. The zero-order valence-electron chi connectivity index (χ0n) is 10.7. The van der Waals surface area contributed by atoms with Crippen LogP contribution in [0.3, 0.4) is 0 Å². The summed E-state index contributed by atoms with van der Waals surface area (Å²) < 4.78 is 6.05. The van der Waals surface area contributed by atoms with E-state index in [1.807, 2.05) is 0 Å². The van der Waals surface area contributed by atoms with Gasteiger partial charge in [0.15, 0.2) is 0 Å². The first-order valence-electron chi connectivity index (χ1n) is 6.32. The molecule has 2 aliphatic heterocycles. The minimum atomic E-state index is 0.0557. The van der Waals surface area contributed by atoms with Crippen molar-refractivity contribution in [3.63, 3.8) is 0 Å². The maximum Gasteiger partial charge on any atom is 0.133 e. The van der Waals surface area contributed by atoms with Gasteiger partial charge in [-0.1, -0.05) is 37.3 Å². The minimum absolute atomic E-state index is 0.0557. The Morgan fingerprint density at radius 3 is 2.41 bits per heavy atom. The Bertz CT molecular complexity index is 510. The Hall–Kier alpha value is -1.50. The third-order valence-corrected chi connectivity index (χ3v) is 4.35. The fourth-order valence-corrected chi connectivity index (χ4v) is 3.11. The highest BCUT2D eigenvalue weighted by atomic mass is 16.5. The van der Waals surface area contributed by atoms with Crippen molar-refractivity contribution in [1.82, 2.24) is 0 Å². The number of rotatable bonds is 2. The number of hydrogen-bond donors (Lipinski definition) is 0. The second-order valence-corrected chi connectivity index (χ2v) is 5.07. The lowest BCUT2D eigenvalue weighted by molar-refractivity contribution is 0.146. The Morgan fingerprint density at radius 2 is 1.88 bits per heavy atom. The molecule has 0 amide bonds. The molecule has 0 aliphatic carbocycles. The van der Waals surface area contributed by atoms with Crippen LogP contribution >= 0.6 is 0 Å². The molecule has 0 radical (unpaired) electrons. The summed E-state index contributed by atoms with van der Waals surface area (Å²) in [5.74, 6) is 1.10. The summed E-state index contributed by atoms with van der Waals surface area (Å²) in [4.78, 5) is 0. The van der Waals surface area contributed by atoms with E-state index in [9.17, 15) is 0 Å². The fraction of sp³-hybridized carbons (Fsp3) is 0.375. The van der Waals surface area contributed by atoms with E-state index in [4.69, 9.17) is 4.74 Å². The molecule has 1 heteroatoms. The van der Waals surface area contributed by atoms with Gasteiger partial charge in [0.2, 0.25) is 0 Å². The van der Waals surface area contributed by atoms with Crippen LogP contribution < -0.4 is 0 Å². The Kier molecular flexibility index (Phi) is 2.19. The summed E-state index contributed by atoms with van der Waals surface area (Å²) in [5, 5.41) is 0. The van der Waals surface area contributed by atoms with E-state index in [-0.39, 0.29) is 11.5 Å². The van der Waals surface area contributed by atoms with E-state index in [1.54, 1.807) is 0 Å². The summed E-state index contributed by atoms with van der Waals surface area (Å²) in [6.45, 7) is 6.61. The maximum absolute atomic E-state index is 6.05. The van der Waals surface area contributed by atoms with Crippen LogP contribution in [0.5, 0.6) is 0 Å². The largest absolute Gasteiger partial charge is 0.485 e. The SMILES string of the molecule is CCC1(c2ccccc2)C=C2OC1C(C)=C2C. The molecule has 0 N–H and O–H groups in total. The number of fused-ring (bicyclic) bond motifs is 2. The molecule has 2 atom stereocenters. The van der Waals surface area contributed by atoms with Gasteiger partial charge < -0.3 is 4.74 Å². The Morgan fingerprint density at radius 1 is 1.18 bits per heavy atom. The number of ether oxygens (including phenoxy) is 1. The zero-order valence-corrected chi connectivity index (χ0v) is 10.7. The molecule has 3 rings (SSSR count). The van der Waals surface area contributed by atoms with Crippen molar-refractivity contribution in [2.75, 3.05) is 0 Å². The summed E-state index contributed by atoms with van der Waals surface area (Å²) >= 11 is 0. The quantitative estimate of drug-likeness (QED) is 0.741. The molecule has 0 fully saturated rings. The van der Waals surface area contributed by atoms with E-state index in [1.165, 1.54) is 16.7 Å². The molecule has 1 nitrogen and oxygen atoms in total. The van der Waals surface area contributed by atoms with Crippen LogP contribution in [0.15, 0.2) is 53.3 Å². The molecular formula is C16H18O. The summed E-state index contributed by atoms with van der Waals surface area (Å²) in [6.07, 6.45) is 3.62. The molecule has 0 spiro atoms. The molecule has 17 heavy (non-hydrogen) atoms. The van der Waals surface area contributed by atoms with Crippen molar-refractivity contribution in [2.24, 2.45) is 0 Å². The monoisotopic (exact) mass is 226 g/mol. The average Bonchev–Trinajstić information content (AvgIpc) is 2.89. The van der Waals surface area contributed by atoms with Gasteiger partial charge in [0.05, 0.1) is 5.41 Å².